The van der Waals surface area contributed by atoms with Crippen molar-refractivity contribution >= 4 is 17.8 Å². The van der Waals surface area contributed by atoms with Gasteiger partial charge in [0.2, 0.25) is 0 Å². The van der Waals surface area contributed by atoms with Crippen molar-refractivity contribution in [3.8, 4) is 0 Å². The maximum Gasteiger partial charge on any atom is 0.302 e. The lowest BCUT2D eigenvalue weighted by molar-refractivity contribution is -0.148. The highest BCUT2D eigenvalue weighted by molar-refractivity contribution is 6.05. The average molecular weight is 451 g/mol. The van der Waals surface area contributed by atoms with Gasteiger partial charge in [0.1, 0.15) is 6.10 Å². The van der Waals surface area contributed by atoms with Crippen molar-refractivity contribution in [3.05, 3.63) is 35.2 Å². The Labute approximate surface area is 197 Å². The van der Waals surface area contributed by atoms with Gasteiger partial charge in [-0.3, -0.25) is 14.3 Å². The Bertz CT molecular complexity index is 1030. The van der Waals surface area contributed by atoms with Gasteiger partial charge in [-0.1, -0.05) is 25.5 Å². The fraction of sp³-hybridized carbons (Fsp3) is 0.679. The second-order valence-corrected chi connectivity index (χ2v) is 11.7. The second-order valence-electron chi connectivity index (χ2n) is 11.7. The predicted molar refractivity (Wildman–Crippen MR) is 128 cm³/mol. The Hall–Kier alpha value is -2.17. The van der Waals surface area contributed by atoms with Crippen LogP contribution in [-0.4, -0.2) is 27.6 Å². The van der Waals surface area contributed by atoms with E-state index in [0.717, 1.165) is 56.2 Å². The van der Waals surface area contributed by atoms with Crippen LogP contribution in [-0.2, 0) is 14.3 Å². The smallest absolute Gasteiger partial charge is 0.302 e. The summed E-state index contributed by atoms with van der Waals surface area (Å²) in [6.45, 7) is 10.4. The number of allylic oxidation sites excluding steroid dienone is 2. The number of fused-ring (bicyclic) bond motifs is 5. The van der Waals surface area contributed by atoms with Gasteiger partial charge in [0.15, 0.2) is 5.78 Å². The number of ether oxygens (including phenoxy) is 1. The van der Waals surface area contributed by atoms with Crippen LogP contribution < -0.4 is 0 Å². The fourth-order valence-electron chi connectivity index (χ4n) is 7.81. The molecule has 0 spiro atoms. The van der Waals surface area contributed by atoms with Crippen LogP contribution >= 0.6 is 0 Å². The van der Waals surface area contributed by atoms with E-state index in [1.54, 1.807) is 0 Å². The van der Waals surface area contributed by atoms with Gasteiger partial charge in [-0.15, -0.1) is 0 Å². The van der Waals surface area contributed by atoms with E-state index in [2.05, 4.69) is 44.9 Å². The number of hydrogen-bond donors (Lipinski definition) is 0. The van der Waals surface area contributed by atoms with Crippen LogP contribution in [0.15, 0.2) is 29.5 Å². The Morgan fingerprint density at radius 3 is 2.67 bits per heavy atom. The minimum atomic E-state index is -0.244. The lowest BCUT2D eigenvalue weighted by Crippen LogP contribution is -2.50. The van der Waals surface area contributed by atoms with Gasteiger partial charge in [0.05, 0.1) is 5.69 Å². The second kappa shape index (κ2) is 7.95. The highest BCUT2D eigenvalue weighted by Gasteiger charge is 2.60. The Kier molecular flexibility index (Phi) is 5.45. The van der Waals surface area contributed by atoms with Crippen molar-refractivity contribution in [3.63, 3.8) is 0 Å². The van der Waals surface area contributed by atoms with Gasteiger partial charge < -0.3 is 4.74 Å². The van der Waals surface area contributed by atoms with E-state index in [4.69, 9.17) is 4.74 Å². The normalized spacial score (nSPS) is 39.2. The summed E-state index contributed by atoms with van der Waals surface area (Å²) >= 11 is 0. The van der Waals surface area contributed by atoms with Gasteiger partial charge in [-0.25, -0.2) is 0 Å². The number of hydrogen-bond acceptors (Lipinski definition) is 4. The van der Waals surface area contributed by atoms with Gasteiger partial charge in [0.25, 0.3) is 0 Å². The van der Waals surface area contributed by atoms with Gasteiger partial charge in [0, 0.05) is 31.0 Å². The predicted octanol–water partition coefficient (Wildman–Crippen LogP) is 5.92. The maximum atomic E-state index is 13.7. The maximum absolute atomic E-state index is 13.7. The zero-order valence-electron chi connectivity index (χ0n) is 20.8. The molecule has 178 valence electrons. The number of carbonyl (C=O) groups excluding carboxylic acids is 2. The topological polar surface area (TPSA) is 61.2 Å². The molecule has 0 N–H and O–H groups in total. The highest BCUT2D eigenvalue weighted by atomic mass is 16.5. The van der Waals surface area contributed by atoms with Gasteiger partial charge in [-0.05, 0) is 93.3 Å². The molecular weight excluding hydrogens is 412 g/mol. The molecule has 5 nitrogen and oxygen atoms in total. The molecule has 5 heteroatoms. The first-order chi connectivity index (χ1) is 15.6. The number of rotatable bonds is 3. The molecule has 6 atom stereocenters. The van der Waals surface area contributed by atoms with Crippen LogP contribution in [0.2, 0.25) is 0 Å². The van der Waals surface area contributed by atoms with E-state index < -0.39 is 0 Å². The van der Waals surface area contributed by atoms with Crippen LogP contribution in [0.3, 0.4) is 0 Å². The zero-order chi connectivity index (χ0) is 23.5. The number of nitrogens with zero attached hydrogens (tertiary/aromatic N) is 2. The standard InChI is InChI=1S/C28H38N2O3/c1-17(2)30-21(10-13-29-30)14-19-15-25-23-7-6-20-16-22(33-18(3)31)8-11-27(20,4)24(23)9-12-28(25,5)26(19)32/h6,10,13-14,17,22-25H,7-9,11-12,15-16H2,1-5H3/b19-14+/t22-,23-,24+,25+,27+,28+/m1/s1. The summed E-state index contributed by atoms with van der Waals surface area (Å²) in [5, 5.41) is 4.46. The van der Waals surface area contributed by atoms with Crippen molar-refractivity contribution in [2.24, 2.45) is 28.6 Å². The quantitative estimate of drug-likeness (QED) is 0.326. The molecule has 4 aliphatic rings. The molecule has 0 saturated heterocycles. The Balaban J connectivity index is 1.43. The molecule has 1 aromatic rings. The SMILES string of the molecule is CC(=O)O[C@@H]1CC[C@@]2(C)C(=CC[C@@H]3[C@@H]2CC[C@]2(C)C(=O)/C(=C/c4ccnn4C(C)C)C[C@@H]32)C1. The van der Waals surface area contributed by atoms with Crippen LogP contribution in [0.25, 0.3) is 6.08 Å². The minimum Gasteiger partial charge on any atom is -0.462 e. The Morgan fingerprint density at radius 1 is 1.18 bits per heavy atom. The average Bonchev–Trinajstić information content (AvgIpc) is 3.32. The van der Waals surface area contributed by atoms with E-state index >= 15 is 0 Å². The molecular formula is C28H38N2O3. The fourth-order valence-corrected chi connectivity index (χ4v) is 7.81. The summed E-state index contributed by atoms with van der Waals surface area (Å²) in [5.41, 5.74) is 3.45. The van der Waals surface area contributed by atoms with Crippen molar-refractivity contribution in [1.82, 2.24) is 9.78 Å². The molecule has 0 amide bonds. The number of ketones is 1. The van der Waals surface area contributed by atoms with E-state index in [9.17, 15) is 9.59 Å². The van der Waals surface area contributed by atoms with Crippen LogP contribution in [0.1, 0.15) is 91.3 Å². The molecule has 33 heavy (non-hydrogen) atoms. The minimum absolute atomic E-state index is 0.0284. The van der Waals surface area contributed by atoms with E-state index in [-0.39, 0.29) is 28.9 Å². The number of esters is 1. The lowest BCUT2D eigenvalue weighted by Gasteiger charge is -2.56. The van der Waals surface area contributed by atoms with Crippen molar-refractivity contribution in [1.29, 1.82) is 0 Å². The first-order valence-corrected chi connectivity index (χ1v) is 12.8. The molecule has 0 unspecified atom stereocenters. The first kappa shape index (κ1) is 22.6. The molecule has 4 aliphatic carbocycles. The first-order valence-electron chi connectivity index (χ1n) is 12.8. The van der Waals surface area contributed by atoms with Crippen LogP contribution in [0.5, 0.6) is 0 Å². The summed E-state index contributed by atoms with van der Waals surface area (Å²) in [5.74, 6) is 1.76. The molecule has 0 aliphatic heterocycles. The lowest BCUT2D eigenvalue weighted by atomic mass is 9.48. The monoisotopic (exact) mass is 450 g/mol. The van der Waals surface area contributed by atoms with Crippen LogP contribution in [0, 0.1) is 28.6 Å². The third-order valence-corrected chi connectivity index (χ3v) is 9.54. The van der Waals surface area contributed by atoms with Gasteiger partial charge in [-0.2, -0.15) is 5.10 Å². The third-order valence-electron chi connectivity index (χ3n) is 9.54. The number of carbonyl (C=O) groups is 2. The number of Topliss-reactive ketones (excluding diaryl/α,β-unsaturated/α-hetero) is 1. The summed E-state index contributed by atoms with van der Waals surface area (Å²) < 4.78 is 7.58. The largest absolute Gasteiger partial charge is 0.462 e. The molecule has 0 bridgehead atoms. The van der Waals surface area contributed by atoms with Crippen molar-refractivity contribution < 1.29 is 14.3 Å². The summed E-state index contributed by atoms with van der Waals surface area (Å²) in [6.07, 6.45) is 13.4. The molecule has 0 radical (unpaired) electrons. The molecule has 1 heterocycles. The van der Waals surface area contributed by atoms with E-state index in [1.165, 1.54) is 12.5 Å². The summed E-state index contributed by atoms with van der Waals surface area (Å²) in [4.78, 5) is 25.2. The molecule has 3 fully saturated rings. The van der Waals surface area contributed by atoms with Gasteiger partial charge >= 0.3 is 5.97 Å². The van der Waals surface area contributed by atoms with Crippen molar-refractivity contribution in [2.75, 3.05) is 0 Å². The van der Waals surface area contributed by atoms with E-state index in [1.807, 2.05) is 16.9 Å². The molecule has 0 aromatic carbocycles. The van der Waals surface area contributed by atoms with Crippen molar-refractivity contribution in [2.45, 2.75) is 91.7 Å². The highest BCUT2D eigenvalue weighted by Crippen LogP contribution is 2.64. The zero-order valence-corrected chi connectivity index (χ0v) is 20.8. The summed E-state index contributed by atoms with van der Waals surface area (Å²) in [7, 11) is 0. The number of aromatic nitrogens is 2. The molecule has 5 rings (SSSR count). The molecule has 1 aromatic heterocycles. The Morgan fingerprint density at radius 2 is 1.94 bits per heavy atom. The molecule has 3 saturated carbocycles. The third kappa shape index (κ3) is 3.54. The summed E-state index contributed by atoms with van der Waals surface area (Å²) in [6, 6.07) is 2.29. The van der Waals surface area contributed by atoms with Crippen LogP contribution in [0.4, 0.5) is 0 Å². The van der Waals surface area contributed by atoms with E-state index in [0.29, 0.717) is 23.5 Å².